The van der Waals surface area contributed by atoms with Gasteiger partial charge in [0.25, 0.3) is 5.91 Å². The number of phenolic OH excluding ortho intramolecular Hbond substituents is 1. The number of nitrogens with one attached hydrogen (secondary N) is 1. The van der Waals surface area contributed by atoms with Gasteiger partial charge in [-0.2, -0.15) is 0 Å². The fourth-order valence-corrected chi connectivity index (χ4v) is 3.04. The van der Waals surface area contributed by atoms with E-state index in [0.29, 0.717) is 22.5 Å². The zero-order valence-corrected chi connectivity index (χ0v) is 16.2. The minimum absolute atomic E-state index is 0.0577. The number of anilines is 2. The standard InChI is InChI=1S/C21H20N2O6/c1-12(24)22-15-4-6-16(7-5-15)23-19(25)11-14(21(23)27)8-13-9-17(28-2)20(26)18(10-13)29-3/h4-10,26H,11H2,1-3H3,(H,22,24)/b14-8+. The SMILES string of the molecule is COc1cc(/C=C2\CC(=O)N(c3ccc(NC(C)=O)cc3)C2=O)cc(OC)c1O. The number of ether oxygens (including phenoxy) is 2. The van der Waals surface area contributed by atoms with Crippen LogP contribution >= 0.6 is 0 Å². The van der Waals surface area contributed by atoms with Crippen LogP contribution < -0.4 is 19.7 Å². The summed E-state index contributed by atoms with van der Waals surface area (Å²) in [6, 6.07) is 9.53. The molecule has 1 fully saturated rings. The van der Waals surface area contributed by atoms with Gasteiger partial charge in [0.2, 0.25) is 17.6 Å². The highest BCUT2D eigenvalue weighted by atomic mass is 16.5. The lowest BCUT2D eigenvalue weighted by Gasteiger charge is -2.14. The van der Waals surface area contributed by atoms with Gasteiger partial charge in [0, 0.05) is 18.2 Å². The van der Waals surface area contributed by atoms with E-state index in [1.807, 2.05) is 0 Å². The van der Waals surface area contributed by atoms with Crippen LogP contribution in [-0.4, -0.2) is 37.0 Å². The molecule has 2 aromatic rings. The van der Waals surface area contributed by atoms with Crippen molar-refractivity contribution in [2.45, 2.75) is 13.3 Å². The van der Waals surface area contributed by atoms with Crippen molar-refractivity contribution in [2.75, 3.05) is 24.4 Å². The van der Waals surface area contributed by atoms with E-state index >= 15 is 0 Å². The molecule has 8 nitrogen and oxygen atoms in total. The van der Waals surface area contributed by atoms with Crippen LogP contribution in [0.2, 0.25) is 0 Å². The molecule has 0 aliphatic carbocycles. The molecule has 2 N–H and O–H groups in total. The van der Waals surface area contributed by atoms with Gasteiger partial charge in [0.15, 0.2) is 11.5 Å². The van der Waals surface area contributed by atoms with Crippen molar-refractivity contribution in [1.82, 2.24) is 0 Å². The lowest BCUT2D eigenvalue weighted by atomic mass is 10.1. The predicted molar refractivity (Wildman–Crippen MR) is 107 cm³/mol. The number of imide groups is 1. The largest absolute Gasteiger partial charge is 0.502 e. The maximum atomic E-state index is 12.8. The predicted octanol–water partition coefficient (Wildman–Crippen LogP) is 2.71. The highest BCUT2D eigenvalue weighted by molar-refractivity contribution is 6.29. The fourth-order valence-electron chi connectivity index (χ4n) is 3.04. The molecule has 1 aliphatic rings. The van der Waals surface area contributed by atoms with Gasteiger partial charge >= 0.3 is 0 Å². The molecule has 1 heterocycles. The topological polar surface area (TPSA) is 105 Å². The average Bonchev–Trinajstić information content (AvgIpc) is 2.96. The Morgan fingerprint density at radius 1 is 1.10 bits per heavy atom. The molecule has 29 heavy (non-hydrogen) atoms. The lowest BCUT2D eigenvalue weighted by molar-refractivity contribution is -0.120. The van der Waals surface area contributed by atoms with Gasteiger partial charge in [-0.1, -0.05) is 0 Å². The molecule has 1 saturated heterocycles. The van der Waals surface area contributed by atoms with E-state index in [-0.39, 0.29) is 35.5 Å². The Kier molecular flexibility index (Phi) is 5.54. The summed E-state index contributed by atoms with van der Waals surface area (Å²) in [4.78, 5) is 37.5. The number of hydrogen-bond donors (Lipinski definition) is 2. The number of phenols is 1. The Morgan fingerprint density at radius 3 is 2.21 bits per heavy atom. The van der Waals surface area contributed by atoms with Crippen molar-refractivity contribution in [1.29, 1.82) is 0 Å². The van der Waals surface area contributed by atoms with Gasteiger partial charge in [0.05, 0.1) is 26.3 Å². The van der Waals surface area contributed by atoms with Crippen LogP contribution in [0.1, 0.15) is 18.9 Å². The number of benzene rings is 2. The Bertz CT molecular complexity index is 985. The van der Waals surface area contributed by atoms with Crippen molar-refractivity contribution in [3.63, 3.8) is 0 Å². The van der Waals surface area contributed by atoms with Crippen molar-refractivity contribution >= 4 is 35.2 Å². The molecule has 0 saturated carbocycles. The highest BCUT2D eigenvalue weighted by Gasteiger charge is 2.35. The third-order valence-electron chi connectivity index (χ3n) is 4.36. The quantitative estimate of drug-likeness (QED) is 0.595. The zero-order chi connectivity index (χ0) is 21.1. The molecular formula is C21H20N2O6. The van der Waals surface area contributed by atoms with E-state index in [0.717, 1.165) is 4.90 Å². The van der Waals surface area contributed by atoms with Crippen LogP contribution in [0.15, 0.2) is 42.0 Å². The van der Waals surface area contributed by atoms with Crippen molar-refractivity contribution < 1.29 is 29.0 Å². The summed E-state index contributed by atoms with van der Waals surface area (Å²) in [5, 5.41) is 12.6. The first kappa shape index (κ1) is 19.9. The van der Waals surface area contributed by atoms with Crippen LogP contribution in [-0.2, 0) is 14.4 Å². The summed E-state index contributed by atoms with van der Waals surface area (Å²) in [5.41, 5.74) is 1.84. The summed E-state index contributed by atoms with van der Waals surface area (Å²) < 4.78 is 10.2. The summed E-state index contributed by atoms with van der Waals surface area (Å²) in [6.45, 7) is 1.39. The van der Waals surface area contributed by atoms with Crippen molar-refractivity contribution in [3.05, 3.63) is 47.5 Å². The van der Waals surface area contributed by atoms with E-state index in [1.165, 1.54) is 21.1 Å². The second-order valence-corrected chi connectivity index (χ2v) is 6.38. The van der Waals surface area contributed by atoms with Crippen LogP contribution in [0.3, 0.4) is 0 Å². The number of amides is 3. The number of hydrogen-bond acceptors (Lipinski definition) is 6. The zero-order valence-electron chi connectivity index (χ0n) is 16.2. The minimum Gasteiger partial charge on any atom is -0.502 e. The first-order chi connectivity index (χ1) is 13.8. The van der Waals surface area contributed by atoms with E-state index in [2.05, 4.69) is 5.32 Å². The molecule has 0 spiro atoms. The third-order valence-corrected chi connectivity index (χ3v) is 4.36. The molecule has 150 valence electrons. The number of nitrogens with zero attached hydrogens (tertiary/aromatic N) is 1. The molecule has 0 aromatic heterocycles. The highest BCUT2D eigenvalue weighted by Crippen LogP contribution is 2.38. The second kappa shape index (κ2) is 8.05. The molecule has 0 unspecified atom stereocenters. The number of aromatic hydroxyl groups is 1. The molecule has 0 atom stereocenters. The van der Waals surface area contributed by atoms with Gasteiger partial charge in [-0.15, -0.1) is 0 Å². The number of methoxy groups -OCH3 is 2. The smallest absolute Gasteiger partial charge is 0.261 e. The molecule has 0 bridgehead atoms. The summed E-state index contributed by atoms with van der Waals surface area (Å²) >= 11 is 0. The molecule has 0 radical (unpaired) electrons. The fraction of sp³-hybridized carbons (Fsp3) is 0.190. The van der Waals surface area contributed by atoms with Crippen LogP contribution in [0.4, 0.5) is 11.4 Å². The van der Waals surface area contributed by atoms with E-state index in [1.54, 1.807) is 42.5 Å². The molecule has 3 amide bonds. The van der Waals surface area contributed by atoms with Gasteiger partial charge in [-0.3, -0.25) is 14.4 Å². The second-order valence-electron chi connectivity index (χ2n) is 6.38. The maximum absolute atomic E-state index is 12.8. The molecule has 8 heteroatoms. The minimum atomic E-state index is -0.437. The molecule has 2 aromatic carbocycles. The van der Waals surface area contributed by atoms with Crippen LogP contribution in [0.5, 0.6) is 17.2 Å². The summed E-state index contributed by atoms with van der Waals surface area (Å²) in [6.07, 6.45) is 1.51. The van der Waals surface area contributed by atoms with Gasteiger partial charge in [-0.25, -0.2) is 4.90 Å². The van der Waals surface area contributed by atoms with Gasteiger partial charge < -0.3 is 19.9 Å². The summed E-state index contributed by atoms with van der Waals surface area (Å²) in [7, 11) is 2.81. The van der Waals surface area contributed by atoms with Crippen molar-refractivity contribution in [2.24, 2.45) is 0 Å². The lowest BCUT2D eigenvalue weighted by Crippen LogP contribution is -2.28. The van der Waals surface area contributed by atoms with E-state index in [9.17, 15) is 19.5 Å². The van der Waals surface area contributed by atoms with Crippen molar-refractivity contribution in [3.8, 4) is 17.2 Å². The van der Waals surface area contributed by atoms with Gasteiger partial charge in [0.1, 0.15) is 0 Å². The number of carbonyl (C=O) groups is 3. The Hall–Kier alpha value is -3.81. The van der Waals surface area contributed by atoms with Gasteiger partial charge in [-0.05, 0) is 48.0 Å². The number of rotatable bonds is 5. The molecular weight excluding hydrogens is 376 g/mol. The first-order valence-electron chi connectivity index (χ1n) is 8.74. The first-order valence-corrected chi connectivity index (χ1v) is 8.74. The Labute approximate surface area is 167 Å². The summed E-state index contributed by atoms with van der Waals surface area (Å²) in [5.74, 6) is -0.765. The van der Waals surface area contributed by atoms with Crippen LogP contribution in [0, 0.1) is 0 Å². The average molecular weight is 396 g/mol. The van der Waals surface area contributed by atoms with E-state index < -0.39 is 5.91 Å². The Morgan fingerprint density at radius 2 is 1.69 bits per heavy atom. The monoisotopic (exact) mass is 396 g/mol. The van der Waals surface area contributed by atoms with E-state index in [4.69, 9.17) is 9.47 Å². The third kappa shape index (κ3) is 4.06. The Balaban J connectivity index is 1.90. The number of carbonyl (C=O) groups excluding carboxylic acids is 3. The van der Waals surface area contributed by atoms with Crippen LogP contribution in [0.25, 0.3) is 6.08 Å². The normalized spacial score (nSPS) is 15.0. The molecule has 3 rings (SSSR count). The maximum Gasteiger partial charge on any atom is 0.261 e. The molecule has 1 aliphatic heterocycles.